The third kappa shape index (κ3) is 6.54. The minimum atomic E-state index is -1.92. The lowest BCUT2D eigenvalue weighted by atomic mass is 9.87. The maximum Gasteiger partial charge on any atom is 0.310 e. The van der Waals surface area contributed by atoms with E-state index in [0.717, 1.165) is 65.7 Å². The normalized spacial score (nSPS) is 12.9. The molecule has 0 saturated carbocycles. The van der Waals surface area contributed by atoms with Gasteiger partial charge in [0.1, 0.15) is 0 Å². The smallest absolute Gasteiger partial charge is 0.310 e. The average Bonchev–Trinajstić information content (AvgIpc) is 3.58. The lowest BCUT2D eigenvalue weighted by Gasteiger charge is -2.32. The van der Waals surface area contributed by atoms with Crippen LogP contribution in [-0.4, -0.2) is 0 Å². The van der Waals surface area contributed by atoms with Gasteiger partial charge in [-0.15, -0.1) is 0 Å². The minimum Gasteiger partial charge on any atom is -0.407 e. The van der Waals surface area contributed by atoms with E-state index in [2.05, 4.69) is 249 Å². The largest absolute Gasteiger partial charge is 0.407 e. The Morgan fingerprint density at radius 1 is 0.324 bits per heavy atom. The van der Waals surface area contributed by atoms with Crippen LogP contribution in [0.3, 0.4) is 0 Å². The number of benzene rings is 12. The van der Waals surface area contributed by atoms with Crippen molar-refractivity contribution in [3.63, 3.8) is 0 Å². The van der Waals surface area contributed by atoms with Gasteiger partial charge in [0.15, 0.2) is 11.2 Å². The number of hydrogen-bond acceptors (Lipinski definition) is 3. The summed E-state index contributed by atoms with van der Waals surface area (Å²) in [6.07, 6.45) is 0. The molecule has 3 nitrogen and oxygen atoms in total. The third-order valence-electron chi connectivity index (χ3n) is 14.2. The summed E-state index contributed by atoms with van der Waals surface area (Å²) in [4.78, 5) is 0. The molecule has 12 aromatic carbocycles. The Bertz CT molecular complexity index is 3770. The van der Waals surface area contributed by atoms with E-state index in [1.165, 1.54) is 54.2 Å². The summed E-state index contributed by atoms with van der Waals surface area (Å²) < 4.78 is 18.6. The third-order valence-corrected chi connectivity index (χ3v) is 16.0. The van der Waals surface area contributed by atoms with Crippen molar-refractivity contribution in [2.45, 2.75) is 25.9 Å². The van der Waals surface area contributed by atoms with Gasteiger partial charge in [-0.25, -0.2) is 0 Å². The Hall–Kier alpha value is -7.94. The molecule has 0 radical (unpaired) electrons. The van der Waals surface area contributed by atoms with Crippen molar-refractivity contribution in [3.05, 3.63) is 242 Å². The number of rotatable bonds is 7. The highest BCUT2D eigenvalue weighted by molar-refractivity contribution is 7.39. The lowest BCUT2D eigenvalue weighted by Crippen LogP contribution is -2.27. The van der Waals surface area contributed by atoms with Crippen molar-refractivity contribution < 1.29 is 8.39 Å². The van der Waals surface area contributed by atoms with Crippen molar-refractivity contribution in [2.24, 2.45) is 0 Å². The Balaban J connectivity index is 1.31. The lowest BCUT2D eigenvalue weighted by molar-refractivity contribution is 0.559. The number of nitrogens with zero attached hydrogens (tertiary/aromatic N) is 1. The van der Waals surface area contributed by atoms with Crippen molar-refractivity contribution in [1.29, 1.82) is 0 Å². The van der Waals surface area contributed by atoms with Crippen LogP contribution in [0, 0.1) is 0 Å². The topological polar surface area (TPSA) is 29.5 Å². The quantitative estimate of drug-likeness (QED) is 0.149. The first kappa shape index (κ1) is 40.3. The molecular formula is C64H46NO2P. The molecule has 0 aliphatic rings. The molecule has 13 aromatic rings. The Labute approximate surface area is 395 Å². The fourth-order valence-electron chi connectivity index (χ4n) is 11.0. The SMILES string of the molecule is C[C@H](c1ccccc1)N([C@H](C)c1ccccc1)p1oc2c(-c3c4ccccc4cc4ccccc34)cc3ccccc3c2c2c(o1)c(-c1c3ccccc3cc3ccccc13)cc1ccccc12. The van der Waals surface area contributed by atoms with E-state index in [0.29, 0.717) is 0 Å². The van der Waals surface area contributed by atoms with Crippen LogP contribution in [0.1, 0.15) is 37.1 Å². The van der Waals surface area contributed by atoms with E-state index in [-0.39, 0.29) is 12.1 Å². The summed E-state index contributed by atoms with van der Waals surface area (Å²) in [6, 6.07) is 83.7. The van der Waals surface area contributed by atoms with E-state index in [1.54, 1.807) is 0 Å². The average molecular weight is 892 g/mol. The van der Waals surface area contributed by atoms with Gasteiger partial charge in [0.2, 0.25) is 0 Å². The molecule has 0 aliphatic carbocycles. The van der Waals surface area contributed by atoms with Gasteiger partial charge in [0, 0.05) is 45.1 Å². The standard InChI is InChI=1S/C64H46NO2P/c1-41(43-21-5-3-6-22-43)65(42(2)44-23-7-4-8-24-44)68-66-63-57(59-51-31-15-9-25-45(51)37-46-26-10-16-32-52(46)59)39-49-29-13-19-35-55(49)61(63)62-56-36-20-14-30-50(56)40-58(64(62)67-68)60-53-33-17-11-27-47(53)38-48-28-12-18-34-54(48)60/h3-42H,1-2H3/t41-,42-/m1/s1. The summed E-state index contributed by atoms with van der Waals surface area (Å²) in [5.74, 6) is 0. The van der Waals surface area contributed by atoms with E-state index in [9.17, 15) is 0 Å². The van der Waals surface area contributed by atoms with Gasteiger partial charge in [0.25, 0.3) is 0 Å². The molecule has 1 heterocycles. The zero-order chi connectivity index (χ0) is 45.3. The van der Waals surface area contributed by atoms with Gasteiger partial charge < -0.3 is 8.39 Å². The van der Waals surface area contributed by atoms with Crippen molar-refractivity contribution in [2.75, 3.05) is 4.67 Å². The summed E-state index contributed by atoms with van der Waals surface area (Å²) in [6.45, 7) is 4.60. The molecule has 324 valence electrons. The van der Waals surface area contributed by atoms with Gasteiger partial charge in [-0.2, -0.15) is 4.67 Å². The maximum atomic E-state index is 8.06. The molecule has 4 heteroatoms. The molecule has 0 saturated heterocycles. The molecule has 0 spiro atoms. The Morgan fingerprint density at radius 2 is 0.603 bits per heavy atom. The molecule has 0 fully saturated rings. The highest BCUT2D eigenvalue weighted by atomic mass is 31.1. The Kier molecular flexibility index (Phi) is 9.75. The fraction of sp³-hybridized carbons (Fsp3) is 0.0625. The van der Waals surface area contributed by atoms with Crippen LogP contribution in [0.15, 0.2) is 239 Å². The van der Waals surface area contributed by atoms with Crippen molar-refractivity contribution in [3.8, 4) is 22.3 Å². The van der Waals surface area contributed by atoms with E-state index < -0.39 is 8.16 Å². The number of hydrogen-bond donors (Lipinski definition) is 0. The van der Waals surface area contributed by atoms with Crippen LogP contribution in [0.2, 0.25) is 0 Å². The summed E-state index contributed by atoms with van der Waals surface area (Å²) in [5.41, 5.74) is 8.41. The summed E-state index contributed by atoms with van der Waals surface area (Å²) in [7, 11) is -1.92. The molecule has 0 aliphatic heterocycles. The van der Waals surface area contributed by atoms with Crippen molar-refractivity contribution in [1.82, 2.24) is 0 Å². The Morgan fingerprint density at radius 3 is 0.941 bits per heavy atom. The summed E-state index contributed by atoms with van der Waals surface area (Å²) >= 11 is 0. The highest BCUT2D eigenvalue weighted by Crippen LogP contribution is 2.53. The first-order valence-corrected chi connectivity index (χ1v) is 24.7. The highest BCUT2D eigenvalue weighted by Gasteiger charge is 2.31. The summed E-state index contributed by atoms with van der Waals surface area (Å²) in [5, 5.41) is 16.0. The number of fused-ring (bicyclic) bond motifs is 11. The van der Waals surface area contributed by atoms with Crippen molar-refractivity contribution >= 4 is 94.7 Å². The minimum absolute atomic E-state index is 0.105. The monoisotopic (exact) mass is 891 g/mol. The molecule has 0 bridgehead atoms. The van der Waals surface area contributed by atoms with Crippen LogP contribution in [0.25, 0.3) is 109 Å². The first-order valence-electron chi connectivity index (χ1n) is 23.6. The predicted molar refractivity (Wildman–Crippen MR) is 290 cm³/mol. The molecule has 1 aromatic heterocycles. The predicted octanol–water partition coefficient (Wildman–Crippen LogP) is 19.0. The molecular weight excluding hydrogens is 846 g/mol. The van der Waals surface area contributed by atoms with E-state index in [4.69, 9.17) is 8.39 Å². The van der Waals surface area contributed by atoms with Gasteiger partial charge in [-0.3, -0.25) is 0 Å². The maximum absolute atomic E-state index is 8.06. The molecule has 2 atom stereocenters. The van der Waals surface area contributed by atoms with E-state index >= 15 is 0 Å². The van der Waals surface area contributed by atoms with Crippen LogP contribution in [0.4, 0.5) is 0 Å². The molecule has 0 N–H and O–H groups in total. The molecule has 13 rings (SSSR count). The van der Waals surface area contributed by atoms with Gasteiger partial charge >= 0.3 is 8.16 Å². The molecule has 0 amide bonds. The fourth-order valence-corrected chi connectivity index (χ4v) is 12.7. The second-order valence-corrected chi connectivity index (χ2v) is 19.4. The molecule has 68 heavy (non-hydrogen) atoms. The van der Waals surface area contributed by atoms with Gasteiger partial charge in [0.05, 0.1) is 0 Å². The zero-order valence-electron chi connectivity index (χ0n) is 37.8. The second kappa shape index (κ2) is 16.4. The first-order chi connectivity index (χ1) is 33.6. The van der Waals surface area contributed by atoms with Gasteiger partial charge in [-0.1, -0.05) is 206 Å². The van der Waals surface area contributed by atoms with E-state index in [1.807, 2.05) is 0 Å². The van der Waals surface area contributed by atoms with Crippen LogP contribution >= 0.6 is 8.16 Å². The van der Waals surface area contributed by atoms with Crippen LogP contribution in [-0.2, 0) is 0 Å². The van der Waals surface area contributed by atoms with Crippen LogP contribution in [0.5, 0.6) is 0 Å². The zero-order valence-corrected chi connectivity index (χ0v) is 38.7. The van der Waals surface area contributed by atoms with Crippen LogP contribution < -0.4 is 4.67 Å². The molecule has 0 unspecified atom stereocenters. The van der Waals surface area contributed by atoms with Gasteiger partial charge in [-0.05, 0) is 114 Å². The second-order valence-electron chi connectivity index (χ2n) is 18.1.